The molecule has 1 atom stereocenters. The standard InChI is InChI=1S/C26H30FN3O2S2/c1-4-19(2)30(26(32)28-22-11-13-23(33-3)14-12-22)18-25(31)29(17-24-6-5-15-34-24)16-20-7-9-21(27)10-8-20/h5-15,19H,4,16-18H2,1-3H3,(H,28,32). The monoisotopic (exact) mass is 499 g/mol. The van der Waals surface area contributed by atoms with Gasteiger partial charge in [-0.05, 0) is 73.0 Å². The van der Waals surface area contributed by atoms with Crippen molar-refractivity contribution in [1.82, 2.24) is 9.80 Å². The van der Waals surface area contributed by atoms with Crippen LogP contribution in [0, 0.1) is 5.82 Å². The van der Waals surface area contributed by atoms with Gasteiger partial charge in [-0.15, -0.1) is 23.1 Å². The molecular weight excluding hydrogens is 469 g/mol. The Labute approximate surface area is 209 Å². The van der Waals surface area contributed by atoms with Gasteiger partial charge in [0.2, 0.25) is 5.91 Å². The molecule has 180 valence electrons. The Morgan fingerprint density at radius 1 is 1.06 bits per heavy atom. The Morgan fingerprint density at radius 3 is 2.35 bits per heavy atom. The van der Waals surface area contributed by atoms with Crippen molar-refractivity contribution < 1.29 is 14.0 Å². The molecule has 1 aromatic heterocycles. The van der Waals surface area contributed by atoms with Gasteiger partial charge in [-0.1, -0.05) is 25.1 Å². The number of thiophene rings is 1. The van der Waals surface area contributed by atoms with Crippen LogP contribution in [0.1, 0.15) is 30.7 Å². The summed E-state index contributed by atoms with van der Waals surface area (Å²) in [5.74, 6) is -0.476. The summed E-state index contributed by atoms with van der Waals surface area (Å²) in [6.45, 7) is 4.65. The molecule has 8 heteroatoms. The molecule has 1 heterocycles. The first-order chi connectivity index (χ1) is 16.4. The van der Waals surface area contributed by atoms with Gasteiger partial charge in [0, 0.05) is 28.0 Å². The number of urea groups is 1. The highest BCUT2D eigenvalue weighted by molar-refractivity contribution is 7.98. The average Bonchev–Trinajstić information content (AvgIpc) is 3.36. The van der Waals surface area contributed by atoms with Crippen LogP contribution in [0.25, 0.3) is 0 Å². The molecule has 0 aliphatic heterocycles. The van der Waals surface area contributed by atoms with Gasteiger partial charge in [0.05, 0.1) is 6.54 Å². The van der Waals surface area contributed by atoms with Crippen LogP contribution in [0.5, 0.6) is 0 Å². The van der Waals surface area contributed by atoms with Crippen molar-refractivity contribution in [3.8, 4) is 0 Å². The first-order valence-corrected chi connectivity index (χ1v) is 13.3. The number of nitrogens with zero attached hydrogens (tertiary/aromatic N) is 2. The quantitative estimate of drug-likeness (QED) is 0.325. The second-order valence-corrected chi connectivity index (χ2v) is 9.91. The number of rotatable bonds is 10. The third-order valence-corrected chi connectivity index (χ3v) is 7.20. The highest BCUT2D eigenvalue weighted by atomic mass is 32.2. The number of benzene rings is 2. The molecule has 0 radical (unpaired) electrons. The molecule has 3 rings (SSSR count). The zero-order valence-electron chi connectivity index (χ0n) is 19.7. The second kappa shape index (κ2) is 12.6. The predicted molar refractivity (Wildman–Crippen MR) is 139 cm³/mol. The highest BCUT2D eigenvalue weighted by Crippen LogP contribution is 2.19. The maximum absolute atomic E-state index is 13.4. The summed E-state index contributed by atoms with van der Waals surface area (Å²) in [5, 5.41) is 4.89. The Balaban J connectivity index is 1.76. The van der Waals surface area contributed by atoms with Crippen LogP contribution in [0.3, 0.4) is 0 Å². The van der Waals surface area contributed by atoms with E-state index in [-0.39, 0.29) is 30.3 Å². The van der Waals surface area contributed by atoms with Gasteiger partial charge in [0.15, 0.2) is 0 Å². The van der Waals surface area contributed by atoms with E-state index in [0.717, 1.165) is 21.8 Å². The first-order valence-electron chi connectivity index (χ1n) is 11.2. The van der Waals surface area contributed by atoms with Gasteiger partial charge in [0.1, 0.15) is 12.4 Å². The number of hydrogen-bond donors (Lipinski definition) is 1. The summed E-state index contributed by atoms with van der Waals surface area (Å²) in [6, 6.07) is 17.3. The lowest BCUT2D eigenvalue weighted by Gasteiger charge is -2.31. The molecule has 1 unspecified atom stereocenters. The van der Waals surface area contributed by atoms with Gasteiger partial charge in [-0.2, -0.15) is 0 Å². The van der Waals surface area contributed by atoms with Crippen LogP contribution < -0.4 is 5.32 Å². The summed E-state index contributed by atoms with van der Waals surface area (Å²) in [5.41, 5.74) is 1.52. The molecule has 3 amide bonds. The van der Waals surface area contributed by atoms with Crippen molar-refractivity contribution in [2.75, 3.05) is 18.1 Å². The van der Waals surface area contributed by atoms with Crippen molar-refractivity contribution >= 4 is 40.7 Å². The van der Waals surface area contributed by atoms with Crippen LogP contribution in [-0.2, 0) is 17.9 Å². The van der Waals surface area contributed by atoms with Crippen molar-refractivity contribution in [3.05, 3.63) is 82.3 Å². The van der Waals surface area contributed by atoms with Gasteiger partial charge in [-0.3, -0.25) is 4.79 Å². The molecule has 1 N–H and O–H groups in total. The molecule has 0 aliphatic rings. The average molecular weight is 500 g/mol. The lowest BCUT2D eigenvalue weighted by atomic mass is 10.2. The number of carbonyl (C=O) groups excluding carboxylic acids is 2. The van der Waals surface area contributed by atoms with E-state index < -0.39 is 0 Å². The van der Waals surface area contributed by atoms with E-state index in [2.05, 4.69) is 5.32 Å². The number of halogens is 1. The molecule has 0 bridgehead atoms. The molecule has 0 spiro atoms. The fourth-order valence-electron chi connectivity index (χ4n) is 3.40. The largest absolute Gasteiger partial charge is 0.332 e. The van der Waals surface area contributed by atoms with Crippen LogP contribution in [-0.4, -0.2) is 40.6 Å². The number of amides is 3. The van der Waals surface area contributed by atoms with Gasteiger partial charge in [0.25, 0.3) is 0 Å². The van der Waals surface area contributed by atoms with E-state index in [4.69, 9.17) is 0 Å². The molecule has 3 aromatic rings. The minimum Gasteiger partial charge on any atom is -0.332 e. The molecule has 0 aliphatic carbocycles. The van der Waals surface area contributed by atoms with Gasteiger partial charge >= 0.3 is 6.03 Å². The number of anilines is 1. The normalized spacial score (nSPS) is 11.6. The molecule has 34 heavy (non-hydrogen) atoms. The SMILES string of the molecule is CCC(C)N(CC(=O)N(Cc1ccc(F)cc1)Cc1cccs1)C(=O)Nc1ccc(SC)cc1. The smallest absolute Gasteiger partial charge is 0.322 e. The highest BCUT2D eigenvalue weighted by Gasteiger charge is 2.25. The van der Waals surface area contributed by atoms with E-state index in [1.165, 1.54) is 12.1 Å². The topological polar surface area (TPSA) is 52.7 Å². The minimum absolute atomic E-state index is 0.0453. The molecule has 5 nitrogen and oxygen atoms in total. The predicted octanol–water partition coefficient (Wildman–Crippen LogP) is 6.47. The third kappa shape index (κ3) is 7.33. The fraction of sp³-hybridized carbons (Fsp3) is 0.308. The van der Waals surface area contributed by atoms with Gasteiger partial charge in [-0.25, -0.2) is 9.18 Å². The van der Waals surface area contributed by atoms with E-state index in [1.807, 2.05) is 61.9 Å². The molecular formula is C26H30FN3O2S2. The molecule has 0 fully saturated rings. The van der Waals surface area contributed by atoms with Crippen LogP contribution in [0.15, 0.2) is 70.9 Å². The fourth-order valence-corrected chi connectivity index (χ4v) is 4.52. The summed E-state index contributed by atoms with van der Waals surface area (Å²) in [4.78, 5) is 32.0. The number of hydrogen-bond acceptors (Lipinski definition) is 4. The summed E-state index contributed by atoms with van der Waals surface area (Å²) in [6.07, 6.45) is 2.72. The zero-order valence-corrected chi connectivity index (χ0v) is 21.3. The van der Waals surface area contributed by atoms with E-state index in [0.29, 0.717) is 18.8 Å². The lowest BCUT2D eigenvalue weighted by Crippen LogP contribution is -2.47. The van der Waals surface area contributed by atoms with E-state index >= 15 is 0 Å². The summed E-state index contributed by atoms with van der Waals surface area (Å²) in [7, 11) is 0. The van der Waals surface area contributed by atoms with Crippen molar-refractivity contribution in [3.63, 3.8) is 0 Å². The number of thioether (sulfide) groups is 1. The first kappa shape index (κ1) is 25.8. The maximum atomic E-state index is 13.4. The maximum Gasteiger partial charge on any atom is 0.322 e. The lowest BCUT2D eigenvalue weighted by molar-refractivity contribution is -0.133. The molecule has 2 aromatic carbocycles. The summed E-state index contributed by atoms with van der Waals surface area (Å²) >= 11 is 3.21. The zero-order chi connectivity index (χ0) is 24.5. The van der Waals surface area contributed by atoms with Crippen LogP contribution >= 0.6 is 23.1 Å². The third-order valence-electron chi connectivity index (χ3n) is 5.60. The van der Waals surface area contributed by atoms with E-state index in [1.54, 1.807) is 45.0 Å². The molecule has 0 saturated heterocycles. The van der Waals surface area contributed by atoms with E-state index in [9.17, 15) is 14.0 Å². The Hall–Kier alpha value is -2.84. The van der Waals surface area contributed by atoms with Crippen molar-refractivity contribution in [1.29, 1.82) is 0 Å². The Kier molecular flexibility index (Phi) is 9.53. The number of nitrogens with one attached hydrogen (secondary N) is 1. The Morgan fingerprint density at radius 2 is 1.76 bits per heavy atom. The second-order valence-electron chi connectivity index (χ2n) is 8.00. The van der Waals surface area contributed by atoms with Crippen LogP contribution in [0.2, 0.25) is 0 Å². The van der Waals surface area contributed by atoms with Crippen molar-refractivity contribution in [2.24, 2.45) is 0 Å². The summed E-state index contributed by atoms with van der Waals surface area (Å²) < 4.78 is 13.4. The van der Waals surface area contributed by atoms with Crippen LogP contribution in [0.4, 0.5) is 14.9 Å². The Bertz CT molecular complexity index is 1060. The molecule has 0 saturated carbocycles. The van der Waals surface area contributed by atoms with Gasteiger partial charge < -0.3 is 15.1 Å². The van der Waals surface area contributed by atoms with Crippen molar-refractivity contribution in [2.45, 2.75) is 44.3 Å². The number of carbonyl (C=O) groups is 2. The minimum atomic E-state index is -0.315.